The Hall–Kier alpha value is -0.680. The van der Waals surface area contributed by atoms with E-state index in [2.05, 4.69) is 5.32 Å². The van der Waals surface area contributed by atoms with Crippen molar-refractivity contribution in [3.8, 4) is 0 Å². The maximum absolute atomic E-state index is 10.7. The summed E-state index contributed by atoms with van der Waals surface area (Å²) in [5.74, 6) is -1.03. The highest BCUT2D eigenvalue weighted by atomic mass is 35.5. The average Bonchev–Trinajstić information content (AvgIpc) is 2.27. The molecule has 0 spiro atoms. The molecule has 0 fully saturated rings. The molecule has 0 amide bonds. The van der Waals surface area contributed by atoms with E-state index in [1.54, 1.807) is 0 Å². The van der Waals surface area contributed by atoms with Crippen molar-refractivity contribution < 1.29 is 15.0 Å². The molecule has 1 atom stereocenters. The van der Waals surface area contributed by atoms with Crippen LogP contribution in [0, 0.1) is 0 Å². The third-order valence-corrected chi connectivity index (χ3v) is 2.93. The van der Waals surface area contributed by atoms with Crippen LogP contribution in [0.4, 0.5) is 5.69 Å². The van der Waals surface area contributed by atoms with Gasteiger partial charge in [-0.25, -0.2) is 4.79 Å². The van der Waals surface area contributed by atoms with Crippen LogP contribution in [-0.2, 0) is 0 Å². The summed E-state index contributed by atoms with van der Waals surface area (Å²) in [6.07, 6.45) is -0.733. The number of anilines is 1. The molecule has 0 aliphatic carbocycles. The quantitative estimate of drug-likeness (QED) is 0.731. The second-order valence-corrected chi connectivity index (χ2v) is 4.43. The van der Waals surface area contributed by atoms with Gasteiger partial charge in [0.15, 0.2) is 0 Å². The Morgan fingerprint density at radius 1 is 1.35 bits per heavy atom. The molecular formula is C10H10Cl3NO3. The van der Waals surface area contributed by atoms with E-state index in [0.29, 0.717) is 5.69 Å². The van der Waals surface area contributed by atoms with Crippen LogP contribution in [0.2, 0.25) is 10.0 Å². The highest BCUT2D eigenvalue weighted by Gasteiger charge is 2.13. The molecule has 94 valence electrons. The number of carboxylic acids is 1. The van der Waals surface area contributed by atoms with Crippen LogP contribution >= 0.6 is 34.8 Å². The maximum Gasteiger partial charge on any atom is 0.335 e. The molecule has 1 unspecified atom stereocenters. The van der Waals surface area contributed by atoms with Crippen molar-refractivity contribution in [2.24, 2.45) is 0 Å². The molecule has 0 bridgehead atoms. The summed E-state index contributed by atoms with van der Waals surface area (Å²) in [6.45, 7) is 0.176. The van der Waals surface area contributed by atoms with Crippen molar-refractivity contribution in [2.75, 3.05) is 17.7 Å². The second kappa shape index (κ2) is 6.31. The zero-order valence-electron chi connectivity index (χ0n) is 8.58. The Kier molecular flexibility index (Phi) is 5.33. The first-order chi connectivity index (χ1) is 7.95. The Labute approximate surface area is 113 Å². The van der Waals surface area contributed by atoms with Crippen LogP contribution in [0.1, 0.15) is 10.4 Å². The van der Waals surface area contributed by atoms with Gasteiger partial charge in [-0.15, -0.1) is 11.6 Å². The minimum absolute atomic E-state index is 0.00319. The predicted molar refractivity (Wildman–Crippen MR) is 68.6 cm³/mol. The molecule has 1 aromatic carbocycles. The SMILES string of the molecule is O=C(O)c1cc(Cl)c(NCC(O)CCl)c(Cl)c1. The van der Waals surface area contributed by atoms with E-state index >= 15 is 0 Å². The number of alkyl halides is 1. The number of hydrogen-bond acceptors (Lipinski definition) is 3. The van der Waals surface area contributed by atoms with Crippen LogP contribution < -0.4 is 5.32 Å². The lowest BCUT2D eigenvalue weighted by Gasteiger charge is -2.13. The normalized spacial score (nSPS) is 12.2. The number of aliphatic hydroxyl groups is 1. The molecule has 1 rings (SSSR count). The lowest BCUT2D eigenvalue weighted by atomic mass is 10.2. The van der Waals surface area contributed by atoms with Gasteiger partial charge in [0, 0.05) is 6.54 Å². The minimum atomic E-state index is -1.11. The summed E-state index contributed by atoms with van der Waals surface area (Å²) in [7, 11) is 0. The third-order valence-electron chi connectivity index (χ3n) is 1.98. The number of nitrogens with one attached hydrogen (secondary N) is 1. The van der Waals surface area contributed by atoms with Gasteiger partial charge in [-0.3, -0.25) is 0 Å². The van der Waals surface area contributed by atoms with E-state index in [1.807, 2.05) is 0 Å². The van der Waals surface area contributed by atoms with Crippen molar-refractivity contribution in [2.45, 2.75) is 6.10 Å². The molecule has 1 aromatic rings. The summed E-state index contributed by atoms with van der Waals surface area (Å²) in [5.41, 5.74) is 0.381. The van der Waals surface area contributed by atoms with E-state index in [0.717, 1.165) is 0 Å². The van der Waals surface area contributed by atoms with Gasteiger partial charge < -0.3 is 15.5 Å². The molecule has 0 radical (unpaired) electrons. The zero-order chi connectivity index (χ0) is 13.0. The second-order valence-electron chi connectivity index (χ2n) is 3.31. The Bertz CT molecular complexity index is 402. The summed E-state index contributed by atoms with van der Waals surface area (Å²) >= 11 is 17.2. The Morgan fingerprint density at radius 3 is 2.29 bits per heavy atom. The number of hydrogen-bond donors (Lipinski definition) is 3. The van der Waals surface area contributed by atoms with Crippen LogP contribution in [-0.4, -0.2) is 34.7 Å². The smallest absolute Gasteiger partial charge is 0.335 e. The van der Waals surface area contributed by atoms with Gasteiger partial charge in [0.2, 0.25) is 0 Å². The molecule has 4 nitrogen and oxygen atoms in total. The maximum atomic E-state index is 10.7. The van der Waals surface area contributed by atoms with Gasteiger partial charge in [0.25, 0.3) is 0 Å². The Morgan fingerprint density at radius 2 is 1.88 bits per heavy atom. The van der Waals surface area contributed by atoms with E-state index in [9.17, 15) is 9.90 Å². The zero-order valence-corrected chi connectivity index (χ0v) is 10.9. The molecule has 17 heavy (non-hydrogen) atoms. The molecule has 0 saturated carbocycles. The summed E-state index contributed by atoms with van der Waals surface area (Å²) in [4.78, 5) is 10.7. The van der Waals surface area contributed by atoms with E-state index in [1.165, 1.54) is 12.1 Å². The van der Waals surface area contributed by atoms with Gasteiger partial charge in [-0.1, -0.05) is 23.2 Å². The first kappa shape index (κ1) is 14.4. The number of rotatable bonds is 5. The third kappa shape index (κ3) is 3.92. The predicted octanol–water partition coefficient (Wildman–Crippen LogP) is 2.70. The average molecular weight is 299 g/mol. The molecular weight excluding hydrogens is 288 g/mol. The number of carbonyl (C=O) groups is 1. The number of aromatic carboxylic acids is 1. The van der Waals surface area contributed by atoms with Gasteiger partial charge in [0.1, 0.15) is 0 Å². The molecule has 0 saturated heterocycles. The van der Waals surface area contributed by atoms with Crippen molar-refractivity contribution in [3.63, 3.8) is 0 Å². The molecule has 0 aliphatic rings. The lowest BCUT2D eigenvalue weighted by molar-refractivity contribution is 0.0697. The number of carboxylic acid groups (broad SMARTS) is 1. The highest BCUT2D eigenvalue weighted by molar-refractivity contribution is 6.39. The van der Waals surface area contributed by atoms with Gasteiger partial charge in [-0.05, 0) is 12.1 Å². The standard InChI is InChI=1S/C10H10Cl3NO3/c11-3-6(15)4-14-9-7(12)1-5(10(16)17)2-8(9)13/h1-2,6,14-15H,3-4H2,(H,16,17). The first-order valence-corrected chi connectivity index (χ1v) is 5.95. The van der Waals surface area contributed by atoms with Crippen molar-refractivity contribution >= 4 is 46.5 Å². The van der Waals surface area contributed by atoms with Crippen LogP contribution in [0.25, 0.3) is 0 Å². The fourth-order valence-corrected chi connectivity index (χ4v) is 1.87. The lowest BCUT2D eigenvalue weighted by Crippen LogP contribution is -2.21. The van der Waals surface area contributed by atoms with Crippen LogP contribution in [0.3, 0.4) is 0 Å². The fourth-order valence-electron chi connectivity index (χ4n) is 1.14. The first-order valence-electron chi connectivity index (χ1n) is 4.66. The van der Waals surface area contributed by atoms with Crippen molar-refractivity contribution in [1.82, 2.24) is 0 Å². The van der Waals surface area contributed by atoms with Crippen LogP contribution in [0.15, 0.2) is 12.1 Å². The Balaban J connectivity index is 2.90. The highest BCUT2D eigenvalue weighted by Crippen LogP contribution is 2.31. The van der Waals surface area contributed by atoms with Gasteiger partial charge in [0.05, 0.1) is 33.3 Å². The topological polar surface area (TPSA) is 69.6 Å². The summed E-state index contributed by atoms with van der Waals surface area (Å²) < 4.78 is 0. The largest absolute Gasteiger partial charge is 0.478 e. The molecule has 0 aromatic heterocycles. The molecule has 3 N–H and O–H groups in total. The summed E-state index contributed by atoms with van der Waals surface area (Å²) in [6, 6.07) is 2.57. The van der Waals surface area contributed by atoms with Gasteiger partial charge >= 0.3 is 5.97 Å². The minimum Gasteiger partial charge on any atom is -0.478 e. The number of benzene rings is 1. The number of halogens is 3. The monoisotopic (exact) mass is 297 g/mol. The summed E-state index contributed by atoms with van der Waals surface area (Å²) in [5, 5.41) is 21.2. The fraction of sp³-hybridized carbons (Fsp3) is 0.300. The van der Waals surface area contributed by atoms with Gasteiger partial charge in [-0.2, -0.15) is 0 Å². The molecule has 0 aliphatic heterocycles. The van der Waals surface area contributed by atoms with Crippen LogP contribution in [0.5, 0.6) is 0 Å². The van der Waals surface area contributed by atoms with Crippen molar-refractivity contribution in [3.05, 3.63) is 27.7 Å². The number of aliphatic hydroxyl groups excluding tert-OH is 1. The van der Waals surface area contributed by atoms with E-state index in [-0.39, 0.29) is 28.0 Å². The molecule has 7 heteroatoms. The van der Waals surface area contributed by atoms with E-state index in [4.69, 9.17) is 39.9 Å². The van der Waals surface area contributed by atoms with E-state index < -0.39 is 12.1 Å². The van der Waals surface area contributed by atoms with Crippen molar-refractivity contribution in [1.29, 1.82) is 0 Å². The molecule has 0 heterocycles.